The van der Waals surface area contributed by atoms with Crippen molar-refractivity contribution in [2.24, 2.45) is 0 Å². The zero-order chi connectivity index (χ0) is 13.9. The number of nitrogens with one attached hydrogen (secondary N) is 1. The second kappa shape index (κ2) is 10.7. The van der Waals surface area contributed by atoms with Crippen LogP contribution in [0.25, 0.3) is 0 Å². The highest BCUT2D eigenvalue weighted by molar-refractivity contribution is 4.58. The average molecular weight is 261 g/mol. The van der Waals surface area contributed by atoms with Crippen molar-refractivity contribution in [3.8, 4) is 0 Å². The first-order valence-corrected chi connectivity index (χ1v) is 6.96. The van der Waals surface area contributed by atoms with Crippen LogP contribution < -0.4 is 5.32 Å². The molecular weight excluding hydrogens is 230 g/mol. The minimum absolute atomic E-state index is 0.0714. The molecule has 0 unspecified atom stereocenters. The normalized spacial score (nSPS) is 12.3. The van der Waals surface area contributed by atoms with Crippen LogP contribution in [-0.2, 0) is 14.2 Å². The molecule has 0 aliphatic heterocycles. The molecule has 0 aromatic rings. The summed E-state index contributed by atoms with van der Waals surface area (Å²) in [4.78, 5) is 0. The standard InChI is InChI=1S/C14H31NO3/c1-13(2)17-9-6-7-15-8-10-16-11-12-18-14(3,4)5/h13,15H,6-12H2,1-5H3. The Labute approximate surface area is 112 Å². The first kappa shape index (κ1) is 17.8. The average Bonchev–Trinajstić information content (AvgIpc) is 2.24. The number of hydrogen-bond donors (Lipinski definition) is 1. The van der Waals surface area contributed by atoms with Gasteiger partial charge in [0.2, 0.25) is 0 Å². The van der Waals surface area contributed by atoms with Gasteiger partial charge < -0.3 is 19.5 Å². The molecule has 0 saturated carbocycles. The maximum Gasteiger partial charge on any atom is 0.0707 e. The van der Waals surface area contributed by atoms with Crippen molar-refractivity contribution >= 4 is 0 Å². The van der Waals surface area contributed by atoms with Crippen molar-refractivity contribution in [1.82, 2.24) is 5.32 Å². The van der Waals surface area contributed by atoms with Crippen LogP contribution in [0.5, 0.6) is 0 Å². The molecule has 0 spiro atoms. The van der Waals surface area contributed by atoms with E-state index in [2.05, 4.69) is 19.2 Å². The number of rotatable bonds is 11. The van der Waals surface area contributed by atoms with Crippen molar-refractivity contribution in [3.05, 3.63) is 0 Å². The lowest BCUT2D eigenvalue weighted by molar-refractivity contribution is -0.0343. The van der Waals surface area contributed by atoms with Gasteiger partial charge in [0, 0.05) is 13.2 Å². The molecular formula is C14H31NO3. The lowest BCUT2D eigenvalue weighted by atomic mass is 10.2. The summed E-state index contributed by atoms with van der Waals surface area (Å²) >= 11 is 0. The fourth-order valence-electron chi connectivity index (χ4n) is 1.29. The zero-order valence-corrected chi connectivity index (χ0v) is 12.8. The predicted molar refractivity (Wildman–Crippen MR) is 75.1 cm³/mol. The Morgan fingerprint density at radius 2 is 1.67 bits per heavy atom. The van der Waals surface area contributed by atoms with E-state index in [0.717, 1.165) is 32.7 Å². The van der Waals surface area contributed by atoms with Gasteiger partial charge in [0.25, 0.3) is 0 Å². The van der Waals surface area contributed by atoms with Gasteiger partial charge in [0.05, 0.1) is 31.5 Å². The van der Waals surface area contributed by atoms with Gasteiger partial charge in [0.15, 0.2) is 0 Å². The SMILES string of the molecule is CC(C)OCCCNCCOCCOC(C)(C)C. The minimum atomic E-state index is -0.0714. The molecule has 1 N–H and O–H groups in total. The molecule has 18 heavy (non-hydrogen) atoms. The molecule has 0 aliphatic rings. The molecule has 0 heterocycles. The highest BCUT2D eigenvalue weighted by Crippen LogP contribution is 2.05. The van der Waals surface area contributed by atoms with Gasteiger partial charge in [-0.15, -0.1) is 0 Å². The highest BCUT2D eigenvalue weighted by Gasteiger charge is 2.08. The van der Waals surface area contributed by atoms with E-state index in [9.17, 15) is 0 Å². The van der Waals surface area contributed by atoms with E-state index in [0.29, 0.717) is 19.3 Å². The van der Waals surface area contributed by atoms with E-state index in [-0.39, 0.29) is 5.60 Å². The second-order valence-electron chi connectivity index (χ2n) is 5.60. The molecule has 4 heteroatoms. The largest absolute Gasteiger partial charge is 0.379 e. The first-order valence-electron chi connectivity index (χ1n) is 6.96. The number of hydrogen-bond acceptors (Lipinski definition) is 4. The summed E-state index contributed by atoms with van der Waals surface area (Å²) in [5.74, 6) is 0. The van der Waals surface area contributed by atoms with Crippen LogP contribution in [0.1, 0.15) is 41.0 Å². The van der Waals surface area contributed by atoms with Crippen LogP contribution >= 0.6 is 0 Å². The van der Waals surface area contributed by atoms with Crippen LogP contribution in [0.4, 0.5) is 0 Å². The summed E-state index contributed by atoms with van der Waals surface area (Å²) in [7, 11) is 0. The van der Waals surface area contributed by atoms with Gasteiger partial charge >= 0.3 is 0 Å². The third-order valence-corrected chi connectivity index (χ3v) is 2.13. The topological polar surface area (TPSA) is 39.7 Å². The maximum atomic E-state index is 5.55. The van der Waals surface area contributed by atoms with E-state index in [4.69, 9.17) is 14.2 Å². The van der Waals surface area contributed by atoms with Crippen LogP contribution in [0.2, 0.25) is 0 Å². The molecule has 0 rings (SSSR count). The molecule has 0 aromatic carbocycles. The van der Waals surface area contributed by atoms with Crippen LogP contribution in [0.15, 0.2) is 0 Å². The lowest BCUT2D eigenvalue weighted by Gasteiger charge is -2.19. The maximum absolute atomic E-state index is 5.55. The van der Waals surface area contributed by atoms with Gasteiger partial charge in [-0.05, 0) is 47.6 Å². The van der Waals surface area contributed by atoms with Crippen molar-refractivity contribution in [1.29, 1.82) is 0 Å². The Kier molecular flexibility index (Phi) is 10.6. The highest BCUT2D eigenvalue weighted by atomic mass is 16.5. The Bertz CT molecular complexity index is 178. The van der Waals surface area contributed by atoms with Crippen LogP contribution in [0.3, 0.4) is 0 Å². The van der Waals surface area contributed by atoms with Gasteiger partial charge in [0.1, 0.15) is 0 Å². The Morgan fingerprint density at radius 1 is 0.944 bits per heavy atom. The predicted octanol–water partition coefficient (Wildman–Crippen LogP) is 2.22. The summed E-state index contributed by atoms with van der Waals surface area (Å²) in [5.41, 5.74) is -0.0714. The molecule has 110 valence electrons. The number of ether oxygens (including phenoxy) is 3. The quantitative estimate of drug-likeness (QED) is 0.579. The fourth-order valence-corrected chi connectivity index (χ4v) is 1.29. The van der Waals surface area contributed by atoms with Crippen molar-refractivity contribution in [2.45, 2.75) is 52.7 Å². The van der Waals surface area contributed by atoms with Crippen molar-refractivity contribution < 1.29 is 14.2 Å². The van der Waals surface area contributed by atoms with E-state index in [1.807, 2.05) is 20.8 Å². The molecule has 0 aliphatic carbocycles. The van der Waals surface area contributed by atoms with E-state index in [1.54, 1.807) is 0 Å². The van der Waals surface area contributed by atoms with Crippen LogP contribution in [0, 0.1) is 0 Å². The molecule has 0 bridgehead atoms. The lowest BCUT2D eigenvalue weighted by Crippen LogP contribution is -2.25. The van der Waals surface area contributed by atoms with Gasteiger partial charge in [-0.3, -0.25) is 0 Å². The molecule has 0 atom stereocenters. The summed E-state index contributed by atoms with van der Waals surface area (Å²) in [6, 6.07) is 0. The molecule has 0 amide bonds. The van der Waals surface area contributed by atoms with Gasteiger partial charge in [-0.2, -0.15) is 0 Å². The second-order valence-corrected chi connectivity index (χ2v) is 5.60. The molecule has 0 aromatic heterocycles. The smallest absolute Gasteiger partial charge is 0.0707 e. The van der Waals surface area contributed by atoms with Crippen LogP contribution in [-0.4, -0.2) is 51.2 Å². The summed E-state index contributed by atoms with van der Waals surface area (Å²) in [6.07, 6.45) is 1.38. The summed E-state index contributed by atoms with van der Waals surface area (Å²) < 4.78 is 16.5. The molecule has 4 nitrogen and oxygen atoms in total. The van der Waals surface area contributed by atoms with E-state index >= 15 is 0 Å². The fraction of sp³-hybridized carbons (Fsp3) is 1.00. The molecule has 0 fully saturated rings. The Morgan fingerprint density at radius 3 is 2.28 bits per heavy atom. The van der Waals surface area contributed by atoms with Crippen molar-refractivity contribution in [2.75, 3.05) is 39.5 Å². The molecule has 0 saturated heterocycles. The third-order valence-electron chi connectivity index (χ3n) is 2.13. The third kappa shape index (κ3) is 15.8. The minimum Gasteiger partial charge on any atom is -0.379 e. The van der Waals surface area contributed by atoms with Crippen molar-refractivity contribution in [3.63, 3.8) is 0 Å². The summed E-state index contributed by atoms with van der Waals surface area (Å²) in [6.45, 7) is 15.0. The van der Waals surface area contributed by atoms with E-state index in [1.165, 1.54) is 0 Å². The monoisotopic (exact) mass is 261 g/mol. The molecule has 0 radical (unpaired) electrons. The summed E-state index contributed by atoms with van der Waals surface area (Å²) in [5, 5.41) is 3.32. The van der Waals surface area contributed by atoms with E-state index < -0.39 is 0 Å². The van der Waals surface area contributed by atoms with Gasteiger partial charge in [-0.1, -0.05) is 0 Å². The first-order chi connectivity index (χ1) is 8.42. The Hall–Kier alpha value is -0.160. The van der Waals surface area contributed by atoms with Gasteiger partial charge in [-0.25, -0.2) is 0 Å². The Balaban J connectivity index is 3.04. The zero-order valence-electron chi connectivity index (χ0n) is 12.8.